The van der Waals surface area contributed by atoms with Crippen molar-refractivity contribution in [2.75, 3.05) is 0 Å². The highest BCUT2D eigenvalue weighted by molar-refractivity contribution is 6.42. The summed E-state index contributed by atoms with van der Waals surface area (Å²) in [5.41, 5.74) is 6.06. The lowest BCUT2D eigenvalue weighted by Gasteiger charge is -2.19. The lowest BCUT2D eigenvalue weighted by atomic mass is 9.86. The van der Waals surface area contributed by atoms with Gasteiger partial charge in [-0.2, -0.15) is 5.10 Å². The lowest BCUT2D eigenvalue weighted by Crippen LogP contribution is -2.20. The van der Waals surface area contributed by atoms with Gasteiger partial charge in [-0.25, -0.2) is 5.43 Å². The van der Waals surface area contributed by atoms with Gasteiger partial charge in [-0.05, 0) is 59.2 Å². The molecule has 2 aromatic carbocycles. The number of nitrogens with one attached hydrogen (secondary N) is 1. The Morgan fingerprint density at radius 2 is 1.81 bits per heavy atom. The molecule has 0 spiro atoms. The van der Waals surface area contributed by atoms with Gasteiger partial charge in [0, 0.05) is 11.5 Å². The molecular formula is C25H24Cl2N2O2. The average Bonchev–Trinajstić information content (AvgIpc) is 3.40. The third-order valence-electron chi connectivity index (χ3n) is 5.53. The molecule has 1 fully saturated rings. The molecular weight excluding hydrogens is 431 g/mol. The van der Waals surface area contributed by atoms with E-state index in [1.54, 1.807) is 18.2 Å². The average molecular weight is 455 g/mol. The van der Waals surface area contributed by atoms with Crippen LogP contribution in [-0.4, -0.2) is 12.1 Å². The molecule has 1 amide bonds. The van der Waals surface area contributed by atoms with Gasteiger partial charge in [0.25, 0.3) is 0 Å². The van der Waals surface area contributed by atoms with Crippen LogP contribution in [0.4, 0.5) is 0 Å². The third kappa shape index (κ3) is 5.03. The Balaban J connectivity index is 1.32. The zero-order chi connectivity index (χ0) is 22.2. The Kier molecular flexibility index (Phi) is 5.96. The zero-order valence-electron chi connectivity index (χ0n) is 17.7. The predicted octanol–water partition coefficient (Wildman–Crippen LogP) is 6.80. The van der Waals surface area contributed by atoms with Crippen LogP contribution in [0.5, 0.6) is 0 Å². The summed E-state index contributed by atoms with van der Waals surface area (Å²) >= 11 is 12.0. The molecule has 0 saturated heterocycles. The van der Waals surface area contributed by atoms with Gasteiger partial charge in [0.15, 0.2) is 0 Å². The summed E-state index contributed by atoms with van der Waals surface area (Å²) in [5.74, 6) is 1.33. The van der Waals surface area contributed by atoms with Crippen LogP contribution in [0.25, 0.3) is 11.3 Å². The molecule has 3 aromatic rings. The molecule has 2 atom stereocenters. The molecule has 0 radical (unpaired) electrons. The summed E-state index contributed by atoms with van der Waals surface area (Å²) in [6.45, 7) is 6.58. The summed E-state index contributed by atoms with van der Waals surface area (Å²) in [6.07, 6.45) is 2.34. The van der Waals surface area contributed by atoms with Crippen molar-refractivity contribution < 1.29 is 9.21 Å². The zero-order valence-corrected chi connectivity index (χ0v) is 19.2. The predicted molar refractivity (Wildman–Crippen MR) is 126 cm³/mol. The van der Waals surface area contributed by atoms with Crippen LogP contribution in [-0.2, 0) is 10.2 Å². The summed E-state index contributed by atoms with van der Waals surface area (Å²) in [6, 6.07) is 17.5. The van der Waals surface area contributed by atoms with E-state index in [4.69, 9.17) is 27.6 Å². The van der Waals surface area contributed by atoms with E-state index in [2.05, 4.69) is 55.6 Å². The molecule has 0 bridgehead atoms. The van der Waals surface area contributed by atoms with Crippen molar-refractivity contribution in [1.29, 1.82) is 0 Å². The fourth-order valence-electron chi connectivity index (χ4n) is 3.55. The third-order valence-corrected chi connectivity index (χ3v) is 6.27. The SMILES string of the molecule is CC(C)(C)c1ccc([C@H]2C[C@H]2C(=O)N/N=C/c2ccc(-c3ccc(Cl)c(Cl)c3)o2)cc1. The first-order valence-electron chi connectivity index (χ1n) is 10.2. The maximum absolute atomic E-state index is 12.4. The van der Waals surface area contributed by atoms with Crippen LogP contribution in [0.15, 0.2) is 64.1 Å². The van der Waals surface area contributed by atoms with Crippen LogP contribution in [0.1, 0.15) is 50.0 Å². The molecule has 0 unspecified atom stereocenters. The molecule has 4 rings (SSSR count). The van der Waals surface area contributed by atoms with E-state index >= 15 is 0 Å². The number of hydrazone groups is 1. The normalized spacial score (nSPS) is 18.4. The van der Waals surface area contributed by atoms with E-state index in [9.17, 15) is 4.79 Å². The van der Waals surface area contributed by atoms with Crippen LogP contribution in [0, 0.1) is 5.92 Å². The van der Waals surface area contributed by atoms with E-state index < -0.39 is 0 Å². The second kappa shape index (κ2) is 8.52. The number of halogens is 2. The monoisotopic (exact) mass is 454 g/mol. The molecule has 1 aliphatic carbocycles. The van der Waals surface area contributed by atoms with Crippen molar-refractivity contribution >= 4 is 35.3 Å². The number of carbonyl (C=O) groups is 1. The van der Waals surface area contributed by atoms with Crippen molar-refractivity contribution in [1.82, 2.24) is 5.43 Å². The van der Waals surface area contributed by atoms with E-state index in [1.165, 1.54) is 17.3 Å². The van der Waals surface area contributed by atoms with Crippen molar-refractivity contribution in [2.24, 2.45) is 11.0 Å². The van der Waals surface area contributed by atoms with E-state index in [-0.39, 0.29) is 23.2 Å². The molecule has 1 heterocycles. The number of rotatable bonds is 5. The molecule has 1 aliphatic rings. The minimum absolute atomic E-state index is 0.0407. The Hall–Kier alpha value is -2.56. The van der Waals surface area contributed by atoms with Crippen LogP contribution in [0.2, 0.25) is 10.0 Å². The summed E-state index contributed by atoms with van der Waals surface area (Å²) in [7, 11) is 0. The van der Waals surface area contributed by atoms with Crippen LogP contribution < -0.4 is 5.43 Å². The number of amides is 1. The van der Waals surface area contributed by atoms with Gasteiger partial charge < -0.3 is 4.42 Å². The smallest absolute Gasteiger partial charge is 0.243 e. The van der Waals surface area contributed by atoms with Gasteiger partial charge in [0.2, 0.25) is 5.91 Å². The first kappa shape index (κ1) is 21.7. The van der Waals surface area contributed by atoms with Crippen molar-refractivity contribution in [3.05, 3.63) is 81.5 Å². The van der Waals surface area contributed by atoms with Gasteiger partial charge in [-0.3, -0.25) is 4.79 Å². The van der Waals surface area contributed by atoms with Gasteiger partial charge >= 0.3 is 0 Å². The largest absolute Gasteiger partial charge is 0.455 e. The summed E-state index contributed by atoms with van der Waals surface area (Å²) < 4.78 is 5.75. The fourth-order valence-corrected chi connectivity index (χ4v) is 3.85. The Morgan fingerprint density at radius 3 is 2.48 bits per heavy atom. The molecule has 4 nitrogen and oxygen atoms in total. The number of hydrogen-bond acceptors (Lipinski definition) is 3. The van der Waals surface area contributed by atoms with E-state index in [0.29, 0.717) is 21.6 Å². The highest BCUT2D eigenvalue weighted by Crippen LogP contribution is 2.47. The Morgan fingerprint density at radius 1 is 1.06 bits per heavy atom. The van der Waals surface area contributed by atoms with Gasteiger partial charge in [0.05, 0.1) is 16.3 Å². The molecule has 0 aliphatic heterocycles. The molecule has 31 heavy (non-hydrogen) atoms. The van der Waals surface area contributed by atoms with Gasteiger partial charge in [-0.1, -0.05) is 68.2 Å². The summed E-state index contributed by atoms with van der Waals surface area (Å²) in [5, 5.41) is 5.00. The molecule has 160 valence electrons. The maximum Gasteiger partial charge on any atom is 0.243 e. The second-order valence-corrected chi connectivity index (χ2v) is 9.70. The van der Waals surface area contributed by atoms with Crippen molar-refractivity contribution in [3.63, 3.8) is 0 Å². The summed E-state index contributed by atoms with van der Waals surface area (Å²) in [4.78, 5) is 12.4. The van der Waals surface area contributed by atoms with Crippen molar-refractivity contribution in [3.8, 4) is 11.3 Å². The maximum atomic E-state index is 12.4. The lowest BCUT2D eigenvalue weighted by molar-refractivity contribution is -0.122. The highest BCUT2D eigenvalue weighted by Gasteiger charge is 2.44. The molecule has 1 aromatic heterocycles. The van der Waals surface area contributed by atoms with Crippen molar-refractivity contribution in [2.45, 2.75) is 38.5 Å². The van der Waals surface area contributed by atoms with Crippen LogP contribution >= 0.6 is 23.2 Å². The molecule has 1 N–H and O–H groups in total. The second-order valence-electron chi connectivity index (χ2n) is 8.89. The van der Waals surface area contributed by atoms with E-state index in [0.717, 1.165) is 12.0 Å². The fraction of sp³-hybridized carbons (Fsp3) is 0.280. The number of nitrogens with zero attached hydrogens (tertiary/aromatic N) is 1. The minimum atomic E-state index is -0.0718. The number of carbonyl (C=O) groups excluding carboxylic acids is 1. The number of furan rings is 1. The first-order chi connectivity index (χ1) is 14.7. The van der Waals surface area contributed by atoms with Crippen LogP contribution in [0.3, 0.4) is 0 Å². The standard InChI is InChI=1S/C25H24Cl2N2O2/c1-25(2,3)17-7-4-15(5-8-17)19-13-20(19)24(30)29-28-14-18-9-11-23(31-18)16-6-10-21(26)22(27)12-16/h4-12,14,19-20H,13H2,1-3H3,(H,29,30)/b28-14+/t19-,20-/m1/s1. The quantitative estimate of drug-likeness (QED) is 0.340. The van der Waals surface area contributed by atoms with Gasteiger partial charge in [0.1, 0.15) is 11.5 Å². The highest BCUT2D eigenvalue weighted by atomic mass is 35.5. The number of benzene rings is 2. The van der Waals surface area contributed by atoms with Gasteiger partial charge in [-0.15, -0.1) is 0 Å². The topological polar surface area (TPSA) is 54.6 Å². The molecule has 6 heteroatoms. The minimum Gasteiger partial charge on any atom is -0.455 e. The Bertz CT molecular complexity index is 1130. The van der Waals surface area contributed by atoms with E-state index in [1.807, 2.05) is 12.1 Å². The first-order valence-corrected chi connectivity index (χ1v) is 11.0. The number of hydrogen-bond donors (Lipinski definition) is 1. The Labute approximate surface area is 192 Å². The molecule has 1 saturated carbocycles.